The molecule has 8 heteroatoms. The molecule has 0 radical (unpaired) electrons. The van der Waals surface area contributed by atoms with Crippen molar-refractivity contribution in [3.8, 4) is 11.1 Å². The van der Waals surface area contributed by atoms with E-state index in [4.69, 9.17) is 0 Å². The molecule has 0 saturated carbocycles. The summed E-state index contributed by atoms with van der Waals surface area (Å²) < 4.78 is 1.77. The predicted octanol–water partition coefficient (Wildman–Crippen LogP) is 1.60. The van der Waals surface area contributed by atoms with Gasteiger partial charge in [0.25, 0.3) is 0 Å². The SMILES string of the molecule is CC1CN(C)CCN1CC(=O)Nc1ncc2ccc(-c3cnn(C)c3)cc2n1. The van der Waals surface area contributed by atoms with Crippen LogP contribution in [0.4, 0.5) is 5.95 Å². The van der Waals surface area contributed by atoms with Crippen LogP contribution in [0.2, 0.25) is 0 Å². The van der Waals surface area contributed by atoms with Crippen LogP contribution < -0.4 is 5.32 Å². The Bertz CT molecular complexity index is 999. The lowest BCUT2D eigenvalue weighted by molar-refractivity contribution is -0.118. The molecule has 28 heavy (non-hydrogen) atoms. The molecule has 4 rings (SSSR count). The molecule has 146 valence electrons. The Morgan fingerprint density at radius 3 is 2.82 bits per heavy atom. The molecule has 1 amide bonds. The average molecular weight is 379 g/mol. The first kappa shape index (κ1) is 18.5. The zero-order chi connectivity index (χ0) is 19.7. The van der Waals surface area contributed by atoms with Crippen molar-refractivity contribution in [1.29, 1.82) is 0 Å². The van der Waals surface area contributed by atoms with E-state index >= 15 is 0 Å². The molecule has 1 unspecified atom stereocenters. The summed E-state index contributed by atoms with van der Waals surface area (Å²) in [6.45, 7) is 5.33. The Balaban J connectivity index is 1.48. The van der Waals surface area contributed by atoms with Gasteiger partial charge < -0.3 is 4.90 Å². The molecule has 1 saturated heterocycles. The Kier molecular flexibility index (Phi) is 5.06. The molecule has 2 aromatic heterocycles. The van der Waals surface area contributed by atoms with E-state index in [0.29, 0.717) is 18.5 Å². The van der Waals surface area contributed by atoms with Gasteiger partial charge >= 0.3 is 0 Å². The highest BCUT2D eigenvalue weighted by Crippen LogP contribution is 2.23. The number of hydrogen-bond donors (Lipinski definition) is 1. The molecule has 0 spiro atoms. The van der Waals surface area contributed by atoms with E-state index < -0.39 is 0 Å². The Morgan fingerprint density at radius 1 is 1.21 bits per heavy atom. The van der Waals surface area contributed by atoms with E-state index in [2.05, 4.69) is 44.2 Å². The topological polar surface area (TPSA) is 79.2 Å². The number of carbonyl (C=O) groups is 1. The summed E-state index contributed by atoms with van der Waals surface area (Å²) in [5.74, 6) is 0.252. The molecular weight excluding hydrogens is 354 g/mol. The molecule has 0 bridgehead atoms. The normalized spacial score (nSPS) is 18.5. The second-order valence-electron chi connectivity index (χ2n) is 7.50. The second-order valence-corrected chi connectivity index (χ2v) is 7.50. The van der Waals surface area contributed by atoms with Gasteiger partial charge in [0, 0.05) is 56.1 Å². The number of rotatable bonds is 4. The van der Waals surface area contributed by atoms with Crippen LogP contribution in [0.15, 0.2) is 36.8 Å². The molecule has 0 aliphatic carbocycles. The van der Waals surface area contributed by atoms with Crippen molar-refractivity contribution in [3.05, 3.63) is 36.8 Å². The molecule has 3 aromatic rings. The number of hydrogen-bond acceptors (Lipinski definition) is 6. The first-order valence-corrected chi connectivity index (χ1v) is 9.46. The lowest BCUT2D eigenvalue weighted by Gasteiger charge is -2.37. The van der Waals surface area contributed by atoms with E-state index in [1.165, 1.54) is 0 Å². The van der Waals surface area contributed by atoms with Gasteiger partial charge in [-0.1, -0.05) is 12.1 Å². The maximum absolute atomic E-state index is 12.5. The summed E-state index contributed by atoms with van der Waals surface area (Å²) >= 11 is 0. The van der Waals surface area contributed by atoms with Crippen LogP contribution in [0.5, 0.6) is 0 Å². The monoisotopic (exact) mass is 379 g/mol. The quantitative estimate of drug-likeness (QED) is 0.742. The number of anilines is 1. The summed E-state index contributed by atoms with van der Waals surface area (Å²) in [5.41, 5.74) is 2.85. The van der Waals surface area contributed by atoms with Crippen LogP contribution in [-0.2, 0) is 11.8 Å². The number of nitrogens with one attached hydrogen (secondary N) is 1. The van der Waals surface area contributed by atoms with Gasteiger partial charge in [-0.2, -0.15) is 5.10 Å². The van der Waals surface area contributed by atoms with E-state index in [9.17, 15) is 4.79 Å². The molecule has 1 aromatic carbocycles. The third-order valence-corrected chi connectivity index (χ3v) is 5.19. The fraction of sp³-hybridized carbons (Fsp3) is 0.400. The molecule has 1 aliphatic heterocycles. The van der Waals surface area contributed by atoms with Crippen LogP contribution in [0.3, 0.4) is 0 Å². The van der Waals surface area contributed by atoms with Gasteiger partial charge in [-0.05, 0) is 25.6 Å². The minimum atomic E-state index is -0.0841. The highest BCUT2D eigenvalue weighted by Gasteiger charge is 2.23. The van der Waals surface area contributed by atoms with Crippen molar-refractivity contribution >= 4 is 22.8 Å². The van der Waals surface area contributed by atoms with Crippen molar-refractivity contribution in [2.45, 2.75) is 13.0 Å². The number of aromatic nitrogens is 4. The van der Waals surface area contributed by atoms with Gasteiger partial charge in [-0.3, -0.25) is 19.7 Å². The van der Waals surface area contributed by atoms with Gasteiger partial charge in [0.05, 0.1) is 18.3 Å². The van der Waals surface area contributed by atoms with Crippen LogP contribution in [-0.4, -0.2) is 74.7 Å². The highest BCUT2D eigenvalue weighted by molar-refractivity contribution is 5.92. The maximum atomic E-state index is 12.5. The molecule has 1 atom stereocenters. The van der Waals surface area contributed by atoms with Crippen molar-refractivity contribution < 1.29 is 4.79 Å². The molecule has 3 heterocycles. The Labute approximate surface area is 164 Å². The maximum Gasteiger partial charge on any atom is 0.240 e. The van der Waals surface area contributed by atoms with Crippen LogP contribution in [0.25, 0.3) is 22.0 Å². The minimum absolute atomic E-state index is 0.0841. The van der Waals surface area contributed by atoms with Gasteiger partial charge in [0.1, 0.15) is 0 Å². The third kappa shape index (κ3) is 4.02. The highest BCUT2D eigenvalue weighted by atomic mass is 16.2. The standard InChI is InChI=1S/C20H25N7O/c1-14-11-25(2)6-7-27(14)13-19(28)24-20-21-9-16-5-4-15(8-18(16)23-20)17-10-22-26(3)12-17/h4-5,8-10,12,14H,6-7,11,13H2,1-3H3,(H,21,23,24,28). The number of likely N-dealkylation sites (N-methyl/N-ethyl adjacent to an activating group) is 1. The molecule has 8 nitrogen and oxygen atoms in total. The fourth-order valence-electron chi connectivity index (χ4n) is 3.59. The number of aryl methyl sites for hydroxylation is 1. The van der Waals surface area contributed by atoms with Crippen LogP contribution in [0.1, 0.15) is 6.92 Å². The number of amides is 1. The predicted molar refractivity (Wildman–Crippen MR) is 109 cm³/mol. The van der Waals surface area contributed by atoms with Crippen molar-refractivity contribution in [3.63, 3.8) is 0 Å². The molecule has 1 aliphatic rings. The van der Waals surface area contributed by atoms with Crippen LogP contribution >= 0.6 is 0 Å². The van der Waals surface area contributed by atoms with Crippen LogP contribution in [0, 0.1) is 0 Å². The summed E-state index contributed by atoms with van der Waals surface area (Å²) in [7, 11) is 4.00. The van der Waals surface area contributed by atoms with E-state index in [1.54, 1.807) is 10.9 Å². The number of benzene rings is 1. The summed E-state index contributed by atoms with van der Waals surface area (Å²) in [4.78, 5) is 25.8. The van der Waals surface area contributed by atoms with E-state index in [1.807, 2.05) is 37.6 Å². The van der Waals surface area contributed by atoms with Gasteiger partial charge in [0.2, 0.25) is 11.9 Å². The van der Waals surface area contributed by atoms with Gasteiger partial charge in [-0.15, -0.1) is 0 Å². The number of fused-ring (bicyclic) bond motifs is 1. The van der Waals surface area contributed by atoms with E-state index in [0.717, 1.165) is 41.7 Å². The smallest absolute Gasteiger partial charge is 0.240 e. The zero-order valence-electron chi connectivity index (χ0n) is 16.5. The average Bonchev–Trinajstić information content (AvgIpc) is 3.10. The largest absolute Gasteiger partial charge is 0.304 e. The van der Waals surface area contributed by atoms with Gasteiger partial charge in [0.15, 0.2) is 0 Å². The third-order valence-electron chi connectivity index (χ3n) is 5.19. The van der Waals surface area contributed by atoms with Crippen molar-refractivity contribution in [2.24, 2.45) is 7.05 Å². The summed E-state index contributed by atoms with van der Waals surface area (Å²) in [6, 6.07) is 6.35. The summed E-state index contributed by atoms with van der Waals surface area (Å²) in [6.07, 6.45) is 5.52. The number of carbonyl (C=O) groups excluding carboxylic acids is 1. The Hall–Kier alpha value is -2.84. The second kappa shape index (κ2) is 7.65. The number of nitrogens with zero attached hydrogens (tertiary/aromatic N) is 6. The fourth-order valence-corrected chi connectivity index (χ4v) is 3.59. The minimum Gasteiger partial charge on any atom is -0.304 e. The lowest BCUT2D eigenvalue weighted by atomic mass is 10.1. The van der Waals surface area contributed by atoms with Crippen molar-refractivity contribution in [2.75, 3.05) is 38.5 Å². The lowest BCUT2D eigenvalue weighted by Crippen LogP contribution is -2.52. The van der Waals surface area contributed by atoms with Crippen molar-refractivity contribution in [1.82, 2.24) is 29.5 Å². The van der Waals surface area contributed by atoms with E-state index in [-0.39, 0.29) is 5.91 Å². The first-order chi connectivity index (χ1) is 13.5. The summed E-state index contributed by atoms with van der Waals surface area (Å²) in [5, 5.41) is 7.99. The molecular formula is C20H25N7O. The first-order valence-electron chi connectivity index (χ1n) is 9.46. The van der Waals surface area contributed by atoms with Gasteiger partial charge in [-0.25, -0.2) is 9.97 Å². The molecule has 1 fully saturated rings. The molecule has 1 N–H and O–H groups in total. The Morgan fingerprint density at radius 2 is 2.07 bits per heavy atom. The zero-order valence-corrected chi connectivity index (χ0v) is 16.5. The number of piperazine rings is 1.